The number of carbonyl (C=O) groups is 1. The normalized spacial score (nSPS) is 25.9. The van der Waals surface area contributed by atoms with Crippen LogP contribution in [0.25, 0.3) is 11.5 Å². The monoisotopic (exact) mass is 357 g/mol. The van der Waals surface area contributed by atoms with Crippen LogP contribution in [0, 0.1) is 17.8 Å². The van der Waals surface area contributed by atoms with Gasteiger partial charge in [0.05, 0.1) is 5.75 Å². The van der Waals surface area contributed by atoms with Gasteiger partial charge in [-0.15, -0.1) is 10.2 Å². The van der Waals surface area contributed by atoms with E-state index in [4.69, 9.17) is 4.42 Å². The van der Waals surface area contributed by atoms with E-state index < -0.39 is 0 Å². The highest BCUT2D eigenvalue weighted by molar-refractivity contribution is 7.99. The average molecular weight is 357 g/mol. The Kier molecular flexibility index (Phi) is 4.79. The second-order valence-electron chi connectivity index (χ2n) is 7.22. The smallest absolute Gasteiger partial charge is 0.277 e. The lowest BCUT2D eigenvalue weighted by molar-refractivity contribution is -0.119. The lowest BCUT2D eigenvalue weighted by Gasteiger charge is -2.28. The van der Waals surface area contributed by atoms with Crippen LogP contribution in [0.2, 0.25) is 0 Å². The zero-order valence-corrected chi connectivity index (χ0v) is 15.2. The van der Waals surface area contributed by atoms with Gasteiger partial charge in [0.25, 0.3) is 5.22 Å². The standard InChI is InChI=1S/C19H23N3O2S/c1-12(16-10-13-7-8-15(16)9-13)20-17(23)11-25-19-22-21-18(24-19)14-5-3-2-4-6-14/h2-6,12-13,15-16H,7-11H2,1H3,(H,20,23). The van der Waals surface area contributed by atoms with Crippen LogP contribution >= 0.6 is 11.8 Å². The molecule has 2 aliphatic rings. The van der Waals surface area contributed by atoms with Crippen molar-refractivity contribution in [1.29, 1.82) is 0 Å². The highest BCUT2D eigenvalue weighted by atomic mass is 32.2. The van der Waals surface area contributed by atoms with Crippen LogP contribution in [0.5, 0.6) is 0 Å². The minimum atomic E-state index is 0.0414. The maximum atomic E-state index is 12.2. The number of thioether (sulfide) groups is 1. The number of nitrogens with one attached hydrogen (secondary N) is 1. The fraction of sp³-hybridized carbons (Fsp3) is 0.526. The van der Waals surface area contributed by atoms with Gasteiger partial charge in [-0.2, -0.15) is 0 Å². The van der Waals surface area contributed by atoms with E-state index in [2.05, 4.69) is 22.4 Å². The van der Waals surface area contributed by atoms with Crippen LogP contribution < -0.4 is 5.32 Å². The Morgan fingerprint density at radius 3 is 2.84 bits per heavy atom. The first-order chi connectivity index (χ1) is 12.2. The average Bonchev–Trinajstić information content (AvgIpc) is 3.37. The molecule has 5 nitrogen and oxygen atoms in total. The first-order valence-corrected chi connectivity index (χ1v) is 9.98. The molecule has 0 radical (unpaired) electrons. The first-order valence-electron chi connectivity index (χ1n) is 9.00. The number of amides is 1. The van der Waals surface area contributed by atoms with Gasteiger partial charge in [-0.1, -0.05) is 36.4 Å². The van der Waals surface area contributed by atoms with Gasteiger partial charge in [0.1, 0.15) is 0 Å². The van der Waals surface area contributed by atoms with Gasteiger partial charge in [0.2, 0.25) is 11.8 Å². The van der Waals surface area contributed by atoms with Crippen molar-refractivity contribution in [3.63, 3.8) is 0 Å². The second kappa shape index (κ2) is 7.20. The van der Waals surface area contributed by atoms with Crippen molar-refractivity contribution >= 4 is 17.7 Å². The zero-order chi connectivity index (χ0) is 17.2. The summed E-state index contributed by atoms with van der Waals surface area (Å²) in [5.74, 6) is 3.21. The van der Waals surface area contributed by atoms with Crippen molar-refractivity contribution in [2.75, 3.05) is 5.75 Å². The van der Waals surface area contributed by atoms with Crippen molar-refractivity contribution in [1.82, 2.24) is 15.5 Å². The molecule has 2 saturated carbocycles. The van der Waals surface area contributed by atoms with E-state index in [1.807, 2.05) is 30.3 Å². The van der Waals surface area contributed by atoms with E-state index in [-0.39, 0.29) is 11.9 Å². The van der Waals surface area contributed by atoms with Crippen molar-refractivity contribution in [3.05, 3.63) is 30.3 Å². The maximum absolute atomic E-state index is 12.2. The number of nitrogens with zero attached hydrogens (tertiary/aromatic N) is 2. The third kappa shape index (κ3) is 3.73. The van der Waals surface area contributed by atoms with E-state index in [9.17, 15) is 4.79 Å². The topological polar surface area (TPSA) is 68.0 Å². The third-order valence-electron chi connectivity index (χ3n) is 5.58. The molecule has 4 atom stereocenters. The molecule has 1 aromatic carbocycles. The molecule has 0 spiro atoms. The fourth-order valence-corrected chi connectivity index (χ4v) is 4.98. The zero-order valence-electron chi connectivity index (χ0n) is 14.4. The number of aromatic nitrogens is 2. The second-order valence-corrected chi connectivity index (χ2v) is 8.15. The molecular formula is C19H23N3O2S. The lowest BCUT2D eigenvalue weighted by atomic mass is 9.84. The summed E-state index contributed by atoms with van der Waals surface area (Å²) in [6.07, 6.45) is 5.38. The molecule has 1 aromatic heterocycles. The van der Waals surface area contributed by atoms with Gasteiger partial charge in [-0.25, -0.2) is 0 Å². The van der Waals surface area contributed by atoms with Crippen molar-refractivity contribution in [3.8, 4) is 11.5 Å². The Hall–Kier alpha value is -1.82. The SMILES string of the molecule is CC(NC(=O)CSc1nnc(-c2ccccc2)o1)C1CC2CCC1C2. The van der Waals surface area contributed by atoms with Gasteiger partial charge in [0, 0.05) is 11.6 Å². The van der Waals surface area contributed by atoms with Crippen LogP contribution in [-0.4, -0.2) is 27.9 Å². The van der Waals surface area contributed by atoms with E-state index in [0.717, 1.165) is 17.4 Å². The summed E-state index contributed by atoms with van der Waals surface area (Å²) in [6, 6.07) is 9.90. The third-order valence-corrected chi connectivity index (χ3v) is 6.40. The summed E-state index contributed by atoms with van der Waals surface area (Å²) in [5.41, 5.74) is 0.885. The van der Waals surface area contributed by atoms with Gasteiger partial charge >= 0.3 is 0 Å². The van der Waals surface area contributed by atoms with E-state index >= 15 is 0 Å². The maximum Gasteiger partial charge on any atom is 0.277 e. The summed E-state index contributed by atoms with van der Waals surface area (Å²) < 4.78 is 5.63. The first kappa shape index (κ1) is 16.6. The molecule has 1 N–H and O–H groups in total. The van der Waals surface area contributed by atoms with Crippen molar-refractivity contribution < 1.29 is 9.21 Å². The van der Waals surface area contributed by atoms with Gasteiger partial charge in [-0.05, 0) is 56.1 Å². The molecule has 2 fully saturated rings. The molecule has 0 saturated heterocycles. The van der Waals surface area contributed by atoms with Crippen LogP contribution in [0.3, 0.4) is 0 Å². The van der Waals surface area contributed by atoms with Crippen LogP contribution in [0.15, 0.2) is 40.0 Å². The Labute approximate surface area is 152 Å². The summed E-state index contributed by atoms with van der Waals surface area (Å²) in [7, 11) is 0. The molecule has 25 heavy (non-hydrogen) atoms. The summed E-state index contributed by atoms with van der Waals surface area (Å²) in [4.78, 5) is 12.2. The molecule has 1 amide bonds. The molecule has 2 bridgehead atoms. The Bertz CT molecular complexity index is 733. The van der Waals surface area contributed by atoms with Crippen LogP contribution in [-0.2, 0) is 4.79 Å². The van der Waals surface area contributed by atoms with Crippen molar-refractivity contribution in [2.24, 2.45) is 17.8 Å². The van der Waals surface area contributed by atoms with Crippen LogP contribution in [0.1, 0.15) is 32.6 Å². The summed E-state index contributed by atoms with van der Waals surface area (Å²) >= 11 is 1.29. The molecule has 2 aliphatic carbocycles. The van der Waals surface area contributed by atoms with Crippen molar-refractivity contribution in [2.45, 2.75) is 43.9 Å². The highest BCUT2D eigenvalue weighted by Gasteiger charge is 2.42. The number of hydrogen-bond donors (Lipinski definition) is 1. The number of fused-ring (bicyclic) bond motifs is 2. The van der Waals surface area contributed by atoms with Crippen LogP contribution in [0.4, 0.5) is 0 Å². The van der Waals surface area contributed by atoms with E-state index in [1.54, 1.807) is 0 Å². The lowest BCUT2D eigenvalue weighted by Crippen LogP contribution is -2.40. The summed E-state index contributed by atoms with van der Waals surface area (Å²) in [6.45, 7) is 2.15. The number of hydrogen-bond acceptors (Lipinski definition) is 5. The molecule has 0 aliphatic heterocycles. The molecule has 1 heterocycles. The Balaban J connectivity index is 1.27. The van der Waals surface area contributed by atoms with E-state index in [1.165, 1.54) is 37.4 Å². The predicted molar refractivity (Wildman–Crippen MR) is 97.0 cm³/mol. The highest BCUT2D eigenvalue weighted by Crippen LogP contribution is 2.49. The Morgan fingerprint density at radius 2 is 2.12 bits per heavy atom. The minimum absolute atomic E-state index is 0.0414. The fourth-order valence-electron chi connectivity index (χ4n) is 4.40. The molecule has 4 unspecified atom stereocenters. The summed E-state index contributed by atoms with van der Waals surface area (Å²) in [5, 5.41) is 11.7. The largest absolute Gasteiger partial charge is 0.411 e. The molecular weight excluding hydrogens is 334 g/mol. The predicted octanol–water partition coefficient (Wildman–Crippen LogP) is 3.77. The minimum Gasteiger partial charge on any atom is -0.411 e. The number of rotatable bonds is 6. The Morgan fingerprint density at radius 1 is 1.28 bits per heavy atom. The van der Waals surface area contributed by atoms with E-state index in [0.29, 0.717) is 22.8 Å². The van der Waals surface area contributed by atoms with Gasteiger partial charge in [-0.3, -0.25) is 4.79 Å². The quantitative estimate of drug-likeness (QED) is 0.797. The molecule has 132 valence electrons. The van der Waals surface area contributed by atoms with Gasteiger partial charge < -0.3 is 9.73 Å². The number of benzene rings is 1. The molecule has 6 heteroatoms. The number of carbonyl (C=O) groups excluding carboxylic acids is 1. The molecule has 4 rings (SSSR count). The molecule has 2 aromatic rings. The van der Waals surface area contributed by atoms with Gasteiger partial charge in [0.15, 0.2) is 0 Å².